The molecule has 0 aliphatic rings. The van der Waals surface area contributed by atoms with Crippen molar-refractivity contribution >= 4 is 0 Å². The number of rotatable bonds is 18. The summed E-state index contributed by atoms with van der Waals surface area (Å²) in [5.41, 5.74) is 2.50. The van der Waals surface area contributed by atoms with Crippen LogP contribution in [-0.2, 0) is 6.54 Å². The highest BCUT2D eigenvalue weighted by Gasteiger charge is 2.03. The van der Waals surface area contributed by atoms with Crippen LogP contribution >= 0.6 is 0 Å². The van der Waals surface area contributed by atoms with Crippen molar-refractivity contribution in [2.75, 3.05) is 0 Å². The third-order valence-corrected chi connectivity index (χ3v) is 6.17. The molecular formula is C28H45IN2. The van der Waals surface area contributed by atoms with Gasteiger partial charge in [0.05, 0.1) is 0 Å². The standard InChI is InChI=1S/C28H45N2.HI/c1-2-3-4-5-6-7-8-9-10-11-12-13-14-15-16-17-24-30-25-20-28(21-26-30)27-18-22-29-23-19-27;/h18-23,25-26H,2-17,24H2,1H3;1H/q+1;/p-1. The maximum absolute atomic E-state index is 4.09. The van der Waals surface area contributed by atoms with Gasteiger partial charge in [-0.15, -0.1) is 0 Å². The predicted molar refractivity (Wildman–Crippen MR) is 129 cm³/mol. The molecule has 0 amide bonds. The lowest BCUT2D eigenvalue weighted by molar-refractivity contribution is -0.697. The van der Waals surface area contributed by atoms with Gasteiger partial charge in [0.25, 0.3) is 0 Å². The number of hydrogen-bond acceptors (Lipinski definition) is 1. The molecule has 0 aromatic carbocycles. The maximum atomic E-state index is 4.09. The number of aromatic nitrogens is 2. The molecule has 0 spiro atoms. The van der Waals surface area contributed by atoms with E-state index in [0.29, 0.717) is 0 Å². The monoisotopic (exact) mass is 536 g/mol. The normalized spacial score (nSPS) is 10.7. The van der Waals surface area contributed by atoms with Crippen molar-refractivity contribution in [1.29, 1.82) is 0 Å². The van der Waals surface area contributed by atoms with Crippen molar-refractivity contribution in [2.24, 2.45) is 0 Å². The maximum Gasteiger partial charge on any atom is 0.169 e. The fourth-order valence-electron chi connectivity index (χ4n) is 4.19. The summed E-state index contributed by atoms with van der Waals surface area (Å²) in [5, 5.41) is 0. The molecule has 0 unspecified atom stereocenters. The van der Waals surface area contributed by atoms with Crippen LogP contribution in [-0.4, -0.2) is 4.98 Å². The van der Waals surface area contributed by atoms with Gasteiger partial charge in [-0.05, 0) is 29.7 Å². The number of unbranched alkanes of at least 4 members (excludes halogenated alkanes) is 15. The zero-order valence-corrected chi connectivity index (χ0v) is 22.1. The third kappa shape index (κ3) is 13.9. The molecule has 0 saturated carbocycles. The average Bonchev–Trinajstić information content (AvgIpc) is 2.80. The van der Waals surface area contributed by atoms with E-state index in [-0.39, 0.29) is 24.0 Å². The fourth-order valence-corrected chi connectivity index (χ4v) is 4.19. The minimum Gasteiger partial charge on any atom is -1.00 e. The van der Waals surface area contributed by atoms with Gasteiger partial charge in [-0.3, -0.25) is 4.98 Å². The molecule has 0 radical (unpaired) electrons. The second-order valence-electron chi connectivity index (χ2n) is 8.86. The highest BCUT2D eigenvalue weighted by molar-refractivity contribution is 5.61. The van der Waals surface area contributed by atoms with E-state index in [1.807, 2.05) is 12.4 Å². The molecule has 2 aromatic rings. The molecule has 174 valence electrons. The summed E-state index contributed by atoms with van der Waals surface area (Å²) in [4.78, 5) is 4.09. The highest BCUT2D eigenvalue weighted by Crippen LogP contribution is 2.16. The van der Waals surface area contributed by atoms with E-state index in [1.165, 1.54) is 114 Å². The van der Waals surface area contributed by atoms with E-state index >= 15 is 0 Å². The van der Waals surface area contributed by atoms with Crippen LogP contribution in [0.15, 0.2) is 49.1 Å². The summed E-state index contributed by atoms with van der Waals surface area (Å²) >= 11 is 0. The lowest BCUT2D eigenvalue weighted by Gasteiger charge is -2.03. The first-order valence-electron chi connectivity index (χ1n) is 12.8. The van der Waals surface area contributed by atoms with Gasteiger partial charge in [0.15, 0.2) is 12.4 Å². The largest absolute Gasteiger partial charge is 1.00 e. The number of nitrogens with zero attached hydrogens (tertiary/aromatic N) is 2. The van der Waals surface area contributed by atoms with Gasteiger partial charge in [-0.25, -0.2) is 4.57 Å². The molecule has 31 heavy (non-hydrogen) atoms. The number of halogens is 1. The van der Waals surface area contributed by atoms with Crippen molar-refractivity contribution in [1.82, 2.24) is 4.98 Å². The van der Waals surface area contributed by atoms with E-state index in [0.717, 1.165) is 6.54 Å². The van der Waals surface area contributed by atoms with Crippen LogP contribution in [0.1, 0.15) is 110 Å². The van der Waals surface area contributed by atoms with Crippen molar-refractivity contribution in [3.63, 3.8) is 0 Å². The lowest BCUT2D eigenvalue weighted by Crippen LogP contribution is -3.00. The van der Waals surface area contributed by atoms with Crippen molar-refractivity contribution < 1.29 is 28.5 Å². The molecule has 2 aromatic heterocycles. The van der Waals surface area contributed by atoms with Crippen molar-refractivity contribution in [2.45, 2.75) is 116 Å². The molecule has 0 saturated heterocycles. The van der Waals surface area contributed by atoms with E-state index < -0.39 is 0 Å². The molecule has 0 bridgehead atoms. The summed E-state index contributed by atoms with van der Waals surface area (Å²) < 4.78 is 2.31. The zero-order valence-electron chi connectivity index (χ0n) is 19.9. The van der Waals surface area contributed by atoms with E-state index in [4.69, 9.17) is 0 Å². The van der Waals surface area contributed by atoms with Gasteiger partial charge in [0, 0.05) is 30.9 Å². The topological polar surface area (TPSA) is 16.8 Å². The van der Waals surface area contributed by atoms with Gasteiger partial charge < -0.3 is 24.0 Å². The number of pyridine rings is 2. The Bertz CT molecular complexity index is 627. The van der Waals surface area contributed by atoms with Crippen LogP contribution in [0.2, 0.25) is 0 Å². The second kappa shape index (κ2) is 19.7. The first-order valence-corrected chi connectivity index (χ1v) is 12.8. The number of aryl methyl sites for hydroxylation is 1. The zero-order chi connectivity index (χ0) is 21.1. The van der Waals surface area contributed by atoms with Crippen LogP contribution < -0.4 is 28.5 Å². The molecule has 3 heteroatoms. The number of hydrogen-bond donors (Lipinski definition) is 0. The summed E-state index contributed by atoms with van der Waals surface area (Å²) in [5.74, 6) is 0. The first-order chi connectivity index (χ1) is 14.9. The van der Waals surface area contributed by atoms with Gasteiger partial charge >= 0.3 is 0 Å². The van der Waals surface area contributed by atoms with Gasteiger partial charge in [0.1, 0.15) is 6.54 Å². The van der Waals surface area contributed by atoms with Gasteiger partial charge in [0.2, 0.25) is 0 Å². The summed E-state index contributed by atoms with van der Waals surface area (Å²) in [6.45, 7) is 3.43. The molecule has 0 aliphatic carbocycles. The molecule has 2 heterocycles. The Kier molecular flexibility index (Phi) is 17.8. The van der Waals surface area contributed by atoms with E-state index in [1.54, 1.807) is 0 Å². The Balaban J connectivity index is 0.00000480. The summed E-state index contributed by atoms with van der Waals surface area (Å²) in [6, 6.07) is 8.55. The van der Waals surface area contributed by atoms with Crippen molar-refractivity contribution in [3.8, 4) is 11.1 Å². The molecule has 0 N–H and O–H groups in total. The minimum atomic E-state index is 0. The Labute approximate surface area is 209 Å². The predicted octanol–water partition coefficient (Wildman–Crippen LogP) is 5.30. The Morgan fingerprint density at radius 1 is 0.548 bits per heavy atom. The third-order valence-electron chi connectivity index (χ3n) is 6.17. The smallest absolute Gasteiger partial charge is 0.169 e. The molecular weight excluding hydrogens is 491 g/mol. The molecule has 0 aliphatic heterocycles. The highest BCUT2D eigenvalue weighted by atomic mass is 127. The molecule has 2 rings (SSSR count). The first kappa shape index (κ1) is 28.1. The quantitative estimate of drug-likeness (QED) is 0.144. The Morgan fingerprint density at radius 2 is 0.935 bits per heavy atom. The Hall–Kier alpha value is -0.970. The van der Waals surface area contributed by atoms with Gasteiger partial charge in [-0.1, -0.05) is 96.8 Å². The Morgan fingerprint density at radius 3 is 1.39 bits per heavy atom. The fraction of sp³-hybridized carbons (Fsp3) is 0.643. The van der Waals surface area contributed by atoms with Crippen LogP contribution in [0.3, 0.4) is 0 Å². The van der Waals surface area contributed by atoms with Gasteiger partial charge in [-0.2, -0.15) is 0 Å². The molecule has 0 fully saturated rings. The summed E-state index contributed by atoms with van der Waals surface area (Å²) in [6.07, 6.45) is 31.0. The van der Waals surface area contributed by atoms with Crippen LogP contribution in [0, 0.1) is 0 Å². The van der Waals surface area contributed by atoms with Crippen LogP contribution in [0.5, 0.6) is 0 Å². The van der Waals surface area contributed by atoms with Crippen LogP contribution in [0.25, 0.3) is 11.1 Å². The van der Waals surface area contributed by atoms with Crippen LogP contribution in [0.4, 0.5) is 0 Å². The molecule has 2 nitrogen and oxygen atoms in total. The summed E-state index contributed by atoms with van der Waals surface area (Å²) in [7, 11) is 0. The average molecular weight is 537 g/mol. The second-order valence-corrected chi connectivity index (χ2v) is 8.86. The molecule has 0 atom stereocenters. The van der Waals surface area contributed by atoms with Crippen molar-refractivity contribution in [3.05, 3.63) is 49.1 Å². The lowest BCUT2D eigenvalue weighted by atomic mass is 10.0. The minimum absolute atomic E-state index is 0. The SMILES string of the molecule is CCCCCCCCCCCCCCCCCC[n+]1ccc(-c2ccncc2)cc1.[I-]. The van der Waals surface area contributed by atoms with E-state index in [9.17, 15) is 0 Å². The van der Waals surface area contributed by atoms with E-state index in [2.05, 4.69) is 53.1 Å².